The molecule has 0 bridgehead atoms. The van der Waals surface area contributed by atoms with E-state index in [2.05, 4.69) is 0 Å². The highest BCUT2D eigenvalue weighted by Crippen LogP contribution is 2.11. The number of hydrogen-bond donors (Lipinski definition) is 1. The second kappa shape index (κ2) is 6.58. The van der Waals surface area contributed by atoms with Gasteiger partial charge in [0, 0.05) is 6.61 Å². The number of methoxy groups -OCH3 is 1. The Morgan fingerprint density at radius 2 is 1.88 bits per heavy atom. The monoisotopic (exact) mass is 259 g/mol. The molecular weight excluding hydrogens is 242 g/mol. The van der Waals surface area contributed by atoms with Gasteiger partial charge in [-0.15, -0.1) is 0 Å². The Balaban J connectivity index is 2.22. The Hall–Kier alpha value is -1.11. The molecule has 0 amide bonds. The van der Waals surface area contributed by atoms with Crippen molar-refractivity contribution in [3.8, 4) is 5.75 Å². The smallest absolute Gasteiger partial charge is 0.209 e. The van der Waals surface area contributed by atoms with Crippen molar-refractivity contribution in [2.24, 2.45) is 5.14 Å². The van der Waals surface area contributed by atoms with Crippen molar-refractivity contribution >= 4 is 10.0 Å². The highest BCUT2D eigenvalue weighted by Gasteiger charge is 2.01. The predicted molar refractivity (Wildman–Crippen MR) is 65.2 cm³/mol. The van der Waals surface area contributed by atoms with Crippen LogP contribution in [0, 0.1) is 0 Å². The van der Waals surface area contributed by atoms with Crippen molar-refractivity contribution in [2.75, 3.05) is 19.5 Å². The number of hydrogen-bond acceptors (Lipinski definition) is 4. The number of rotatable bonds is 7. The molecule has 0 aliphatic rings. The van der Waals surface area contributed by atoms with E-state index in [9.17, 15) is 8.42 Å². The molecule has 96 valence electrons. The molecule has 0 heterocycles. The summed E-state index contributed by atoms with van der Waals surface area (Å²) in [4.78, 5) is 0. The first kappa shape index (κ1) is 14.0. The molecule has 0 fully saturated rings. The molecule has 6 heteroatoms. The SMILES string of the molecule is COc1ccc(COCCCS(N)(=O)=O)cc1. The summed E-state index contributed by atoms with van der Waals surface area (Å²) < 4.78 is 31.6. The lowest BCUT2D eigenvalue weighted by atomic mass is 10.2. The molecular formula is C11H17NO4S. The minimum Gasteiger partial charge on any atom is -0.497 e. The van der Waals surface area contributed by atoms with Gasteiger partial charge in [0.25, 0.3) is 0 Å². The molecule has 2 N–H and O–H groups in total. The van der Waals surface area contributed by atoms with Crippen molar-refractivity contribution in [3.05, 3.63) is 29.8 Å². The largest absolute Gasteiger partial charge is 0.497 e. The van der Waals surface area contributed by atoms with Crippen LogP contribution in [0.15, 0.2) is 24.3 Å². The van der Waals surface area contributed by atoms with E-state index in [0.29, 0.717) is 19.6 Å². The topological polar surface area (TPSA) is 78.6 Å². The summed E-state index contributed by atoms with van der Waals surface area (Å²) in [6.45, 7) is 0.830. The summed E-state index contributed by atoms with van der Waals surface area (Å²) in [6, 6.07) is 7.50. The Morgan fingerprint density at radius 3 is 2.41 bits per heavy atom. The van der Waals surface area contributed by atoms with Crippen LogP contribution in [0.5, 0.6) is 5.75 Å². The van der Waals surface area contributed by atoms with Crippen LogP contribution in [0.2, 0.25) is 0 Å². The Labute approximate surface area is 102 Å². The van der Waals surface area contributed by atoms with Gasteiger partial charge >= 0.3 is 0 Å². The predicted octanol–water partition coefficient (Wildman–Crippen LogP) is 0.890. The number of primary sulfonamides is 1. The van der Waals surface area contributed by atoms with Crippen LogP contribution in [-0.2, 0) is 21.4 Å². The van der Waals surface area contributed by atoms with Gasteiger partial charge in [0.1, 0.15) is 5.75 Å². The molecule has 0 saturated heterocycles. The van der Waals surface area contributed by atoms with Crippen LogP contribution in [-0.4, -0.2) is 27.9 Å². The van der Waals surface area contributed by atoms with Gasteiger partial charge in [-0.2, -0.15) is 0 Å². The molecule has 1 aromatic carbocycles. The Bertz CT molecular complexity index is 427. The zero-order chi connectivity index (χ0) is 12.7. The average Bonchev–Trinajstić information content (AvgIpc) is 2.28. The minimum absolute atomic E-state index is 0.0460. The van der Waals surface area contributed by atoms with E-state index in [0.717, 1.165) is 11.3 Å². The lowest BCUT2D eigenvalue weighted by Gasteiger charge is -2.05. The summed E-state index contributed by atoms with van der Waals surface area (Å²) >= 11 is 0. The summed E-state index contributed by atoms with van der Waals surface area (Å²) in [5, 5.41) is 4.86. The minimum atomic E-state index is -3.37. The van der Waals surface area contributed by atoms with Crippen molar-refractivity contribution in [3.63, 3.8) is 0 Å². The van der Waals surface area contributed by atoms with E-state index in [1.54, 1.807) is 7.11 Å². The van der Waals surface area contributed by atoms with Crippen molar-refractivity contribution < 1.29 is 17.9 Å². The summed E-state index contributed by atoms with van der Waals surface area (Å²) in [5.74, 6) is 0.748. The fourth-order valence-corrected chi connectivity index (χ4v) is 1.79. The van der Waals surface area contributed by atoms with Crippen molar-refractivity contribution in [2.45, 2.75) is 13.0 Å². The standard InChI is InChI=1S/C11H17NO4S/c1-15-11-5-3-10(4-6-11)9-16-7-2-8-17(12,13)14/h3-6H,2,7-9H2,1H3,(H2,12,13,14). The number of ether oxygens (including phenoxy) is 2. The number of nitrogens with two attached hydrogens (primary N) is 1. The van der Waals surface area contributed by atoms with Gasteiger partial charge in [-0.05, 0) is 24.1 Å². The maximum atomic E-state index is 10.6. The third-order valence-corrected chi connectivity index (χ3v) is 3.00. The first-order valence-electron chi connectivity index (χ1n) is 5.22. The van der Waals surface area contributed by atoms with E-state index in [4.69, 9.17) is 14.6 Å². The van der Waals surface area contributed by atoms with Gasteiger partial charge in [0.2, 0.25) is 10.0 Å². The first-order valence-corrected chi connectivity index (χ1v) is 6.94. The zero-order valence-corrected chi connectivity index (χ0v) is 10.6. The van der Waals surface area contributed by atoms with Crippen LogP contribution in [0.1, 0.15) is 12.0 Å². The van der Waals surface area contributed by atoms with Crippen LogP contribution in [0.4, 0.5) is 0 Å². The van der Waals surface area contributed by atoms with Crippen LogP contribution >= 0.6 is 0 Å². The summed E-state index contributed by atoms with van der Waals surface area (Å²) in [6.07, 6.45) is 0.412. The fourth-order valence-electron chi connectivity index (χ4n) is 1.27. The lowest BCUT2D eigenvalue weighted by molar-refractivity contribution is 0.122. The zero-order valence-electron chi connectivity index (χ0n) is 9.76. The molecule has 1 aromatic rings. The second-order valence-corrected chi connectivity index (χ2v) is 5.36. The third kappa shape index (κ3) is 6.25. The van der Waals surface area contributed by atoms with Gasteiger partial charge in [0.05, 0.1) is 19.5 Å². The Morgan fingerprint density at radius 1 is 1.24 bits per heavy atom. The molecule has 0 unspecified atom stereocenters. The Kier molecular flexibility index (Phi) is 5.40. The first-order chi connectivity index (χ1) is 8.01. The lowest BCUT2D eigenvalue weighted by Crippen LogP contribution is -2.17. The van der Waals surface area contributed by atoms with Crippen LogP contribution < -0.4 is 9.88 Å². The molecule has 0 aromatic heterocycles. The van der Waals surface area contributed by atoms with Gasteiger partial charge in [0.15, 0.2) is 0 Å². The fraction of sp³-hybridized carbons (Fsp3) is 0.455. The second-order valence-electron chi connectivity index (χ2n) is 3.62. The molecule has 0 aliphatic heterocycles. The summed E-state index contributed by atoms with van der Waals surface area (Å²) in [5.41, 5.74) is 1.02. The van der Waals surface area contributed by atoms with Crippen LogP contribution in [0.25, 0.3) is 0 Å². The van der Waals surface area contributed by atoms with Gasteiger partial charge in [-0.3, -0.25) is 0 Å². The van der Waals surface area contributed by atoms with Gasteiger partial charge in [-0.25, -0.2) is 13.6 Å². The molecule has 5 nitrogen and oxygen atoms in total. The molecule has 0 atom stereocenters. The number of benzene rings is 1. The quantitative estimate of drug-likeness (QED) is 0.738. The van der Waals surface area contributed by atoms with Gasteiger partial charge in [-0.1, -0.05) is 12.1 Å². The highest BCUT2D eigenvalue weighted by atomic mass is 32.2. The maximum Gasteiger partial charge on any atom is 0.209 e. The maximum absolute atomic E-state index is 10.6. The highest BCUT2D eigenvalue weighted by molar-refractivity contribution is 7.89. The van der Waals surface area contributed by atoms with Gasteiger partial charge < -0.3 is 9.47 Å². The van der Waals surface area contributed by atoms with E-state index < -0.39 is 10.0 Å². The molecule has 0 saturated carbocycles. The summed E-state index contributed by atoms with van der Waals surface area (Å²) in [7, 11) is -1.76. The van der Waals surface area contributed by atoms with Crippen molar-refractivity contribution in [1.82, 2.24) is 0 Å². The van der Waals surface area contributed by atoms with E-state index >= 15 is 0 Å². The number of sulfonamides is 1. The molecule has 1 rings (SSSR count). The van der Waals surface area contributed by atoms with Crippen molar-refractivity contribution in [1.29, 1.82) is 0 Å². The molecule has 17 heavy (non-hydrogen) atoms. The molecule has 0 aliphatic carbocycles. The van der Waals surface area contributed by atoms with Crippen LogP contribution in [0.3, 0.4) is 0 Å². The van der Waals surface area contributed by atoms with E-state index in [-0.39, 0.29) is 5.75 Å². The van der Waals surface area contributed by atoms with E-state index in [1.165, 1.54) is 0 Å². The third-order valence-electron chi connectivity index (χ3n) is 2.15. The normalized spacial score (nSPS) is 11.4. The molecule has 0 spiro atoms. The molecule has 0 radical (unpaired) electrons. The average molecular weight is 259 g/mol. The van der Waals surface area contributed by atoms with E-state index in [1.807, 2.05) is 24.3 Å².